The average Bonchev–Trinajstić information content (AvgIpc) is 2.95. The Bertz CT molecular complexity index is 1370. The van der Waals surface area contributed by atoms with E-state index in [1.807, 2.05) is 39.6 Å². The molecule has 0 saturated heterocycles. The highest BCUT2D eigenvalue weighted by molar-refractivity contribution is 5.98. The largest absolute Gasteiger partial charge is 0.382 e. The van der Waals surface area contributed by atoms with Gasteiger partial charge in [0.2, 0.25) is 17.8 Å². The molecule has 0 aliphatic carbocycles. The summed E-state index contributed by atoms with van der Waals surface area (Å²) in [4.78, 5) is 57.0. The van der Waals surface area contributed by atoms with Crippen molar-refractivity contribution < 1.29 is 14.4 Å². The van der Waals surface area contributed by atoms with E-state index in [-0.39, 0.29) is 48.5 Å². The molecule has 0 radical (unpaired) electrons. The number of nitrogen functional groups attached to an aromatic ring is 2. The number of aromatic nitrogens is 4. The fraction of sp³-hybridized carbons (Fsp3) is 0.464. The first-order chi connectivity index (χ1) is 19.5. The van der Waals surface area contributed by atoms with Crippen LogP contribution < -0.4 is 32.3 Å². The normalized spacial score (nSPS) is 13.2. The zero-order valence-corrected chi connectivity index (χ0v) is 24.3. The van der Waals surface area contributed by atoms with E-state index in [1.165, 1.54) is 0 Å². The van der Waals surface area contributed by atoms with E-state index in [0.29, 0.717) is 29.0 Å². The number of hydrogen-bond donors (Lipinski definition) is 5. The van der Waals surface area contributed by atoms with E-state index in [0.717, 1.165) is 18.5 Å². The molecule has 0 aliphatic rings. The number of nitrogens with zero attached hydrogens (tertiary/aromatic N) is 5. The molecule has 7 N–H and O–H groups in total. The second-order valence-electron chi connectivity index (χ2n) is 10.2. The molecule has 13 nitrogen and oxygen atoms in total. The highest BCUT2D eigenvalue weighted by Gasteiger charge is 2.24. The molecule has 0 fully saturated rings. The first kappa shape index (κ1) is 31.0. The number of carbonyl (C=O) groups is 3. The Balaban J connectivity index is 1.66. The minimum Gasteiger partial charge on any atom is -0.382 e. The van der Waals surface area contributed by atoms with Gasteiger partial charge in [-0.1, -0.05) is 13.8 Å². The van der Waals surface area contributed by atoms with Gasteiger partial charge in [0, 0.05) is 36.8 Å². The number of benzene rings is 1. The van der Waals surface area contributed by atoms with Gasteiger partial charge in [-0.2, -0.15) is 9.97 Å². The summed E-state index contributed by atoms with van der Waals surface area (Å²) in [7, 11) is 1.88. The summed E-state index contributed by atoms with van der Waals surface area (Å²) in [5, 5.41) is 8.60. The quantitative estimate of drug-likeness (QED) is 0.205. The van der Waals surface area contributed by atoms with Crippen LogP contribution in [0.4, 0.5) is 17.5 Å². The fourth-order valence-electron chi connectivity index (χ4n) is 3.94. The van der Waals surface area contributed by atoms with Crippen molar-refractivity contribution in [2.24, 2.45) is 0 Å². The predicted molar refractivity (Wildman–Crippen MR) is 159 cm³/mol. The van der Waals surface area contributed by atoms with Gasteiger partial charge in [0.25, 0.3) is 5.91 Å². The number of amides is 3. The molecule has 41 heavy (non-hydrogen) atoms. The highest BCUT2D eigenvalue weighted by atomic mass is 16.2. The van der Waals surface area contributed by atoms with E-state index in [9.17, 15) is 14.4 Å². The number of carbonyl (C=O) groups excluding carboxylic acids is 3. The SMILES string of the molecule is CCC(C)NC(=O)CC[C@H](NC(=O)c1ccc(N(C)Cc2cnc3nc(N)nc(N)c3n2)cc1)C(=O)NC(C)CC. The van der Waals surface area contributed by atoms with Crippen LogP contribution in [0.5, 0.6) is 0 Å². The number of nitrogens with one attached hydrogen (secondary N) is 3. The van der Waals surface area contributed by atoms with E-state index in [4.69, 9.17) is 11.5 Å². The maximum Gasteiger partial charge on any atom is 0.251 e. The van der Waals surface area contributed by atoms with Crippen molar-refractivity contribution in [2.45, 2.75) is 78.0 Å². The Hall–Kier alpha value is -4.55. The molecule has 1 aromatic carbocycles. The zero-order chi connectivity index (χ0) is 30.1. The lowest BCUT2D eigenvalue weighted by molar-refractivity contribution is -0.124. The van der Waals surface area contributed by atoms with Gasteiger partial charge in [0.05, 0.1) is 18.4 Å². The van der Waals surface area contributed by atoms with Gasteiger partial charge < -0.3 is 32.3 Å². The van der Waals surface area contributed by atoms with E-state index in [2.05, 4.69) is 35.9 Å². The fourth-order valence-corrected chi connectivity index (χ4v) is 3.94. The van der Waals surface area contributed by atoms with Crippen molar-refractivity contribution in [1.82, 2.24) is 35.9 Å². The molecule has 0 aliphatic heterocycles. The molecule has 3 atom stereocenters. The Kier molecular flexibility index (Phi) is 10.7. The molecule has 3 aromatic rings. The summed E-state index contributed by atoms with van der Waals surface area (Å²) in [6.45, 7) is 8.17. The summed E-state index contributed by atoms with van der Waals surface area (Å²) in [5.74, 6) is -0.676. The Labute approximate surface area is 239 Å². The molecule has 220 valence electrons. The number of nitrogens with two attached hydrogens (primary N) is 2. The van der Waals surface area contributed by atoms with Crippen LogP contribution in [-0.2, 0) is 16.1 Å². The monoisotopic (exact) mass is 564 g/mol. The van der Waals surface area contributed by atoms with Crippen molar-refractivity contribution >= 4 is 46.3 Å². The molecule has 2 aromatic heterocycles. The minimum atomic E-state index is -0.847. The first-order valence-corrected chi connectivity index (χ1v) is 13.8. The molecule has 2 unspecified atom stereocenters. The summed E-state index contributed by atoms with van der Waals surface area (Å²) in [6.07, 6.45) is 3.46. The third kappa shape index (κ3) is 8.72. The predicted octanol–water partition coefficient (Wildman–Crippen LogP) is 1.93. The van der Waals surface area contributed by atoms with E-state index < -0.39 is 11.9 Å². The van der Waals surface area contributed by atoms with Crippen molar-refractivity contribution in [3.05, 3.63) is 41.7 Å². The Morgan fingerprint density at radius 3 is 2.24 bits per heavy atom. The minimum absolute atomic E-state index is 0.0351. The summed E-state index contributed by atoms with van der Waals surface area (Å²) in [6, 6.07) is 6.10. The first-order valence-electron chi connectivity index (χ1n) is 13.8. The zero-order valence-electron chi connectivity index (χ0n) is 24.3. The van der Waals surface area contributed by atoms with Gasteiger partial charge in [0.15, 0.2) is 17.0 Å². The lowest BCUT2D eigenvalue weighted by atomic mass is 10.1. The lowest BCUT2D eigenvalue weighted by Gasteiger charge is -2.22. The van der Waals surface area contributed by atoms with Crippen LogP contribution in [0.25, 0.3) is 11.2 Å². The lowest BCUT2D eigenvalue weighted by Crippen LogP contribution is -2.49. The molecular formula is C28H40N10O3. The van der Waals surface area contributed by atoms with Crippen molar-refractivity contribution in [3.8, 4) is 0 Å². The number of rotatable bonds is 13. The molecule has 3 amide bonds. The van der Waals surface area contributed by atoms with Crippen LogP contribution in [0.3, 0.4) is 0 Å². The van der Waals surface area contributed by atoms with Crippen LogP contribution in [0, 0.1) is 0 Å². The van der Waals surface area contributed by atoms with Crippen molar-refractivity contribution in [3.63, 3.8) is 0 Å². The average molecular weight is 565 g/mol. The van der Waals surface area contributed by atoms with Crippen LogP contribution in [0.2, 0.25) is 0 Å². The topological polar surface area (TPSA) is 194 Å². The third-order valence-electron chi connectivity index (χ3n) is 6.77. The summed E-state index contributed by atoms with van der Waals surface area (Å²) >= 11 is 0. The summed E-state index contributed by atoms with van der Waals surface area (Å²) < 4.78 is 0. The molecule has 13 heteroatoms. The van der Waals surface area contributed by atoms with Crippen molar-refractivity contribution in [2.75, 3.05) is 23.4 Å². The van der Waals surface area contributed by atoms with Gasteiger partial charge in [-0.05, 0) is 57.4 Å². The van der Waals surface area contributed by atoms with Crippen LogP contribution >= 0.6 is 0 Å². The second kappa shape index (κ2) is 14.2. The van der Waals surface area contributed by atoms with Crippen LogP contribution in [-0.4, -0.2) is 62.8 Å². The second-order valence-corrected chi connectivity index (χ2v) is 10.2. The molecule has 0 spiro atoms. The number of fused-ring (bicyclic) bond motifs is 1. The number of hydrogen-bond acceptors (Lipinski definition) is 10. The smallest absolute Gasteiger partial charge is 0.251 e. The van der Waals surface area contributed by atoms with Gasteiger partial charge in [-0.3, -0.25) is 14.4 Å². The molecule has 3 rings (SSSR count). The molecule has 0 bridgehead atoms. The van der Waals surface area contributed by atoms with Gasteiger partial charge in [-0.25, -0.2) is 9.97 Å². The van der Waals surface area contributed by atoms with Gasteiger partial charge in [-0.15, -0.1) is 0 Å². The third-order valence-corrected chi connectivity index (χ3v) is 6.77. The Morgan fingerprint density at radius 2 is 1.59 bits per heavy atom. The van der Waals surface area contributed by atoms with E-state index >= 15 is 0 Å². The number of anilines is 3. The van der Waals surface area contributed by atoms with Crippen molar-refractivity contribution in [1.29, 1.82) is 0 Å². The Morgan fingerprint density at radius 1 is 0.927 bits per heavy atom. The standard InChI is InChI=1S/C28H40N10O3/c1-6-16(3)32-22(39)13-12-21(27(41)33-17(4)7-2)35-26(40)18-8-10-20(11-9-18)38(5)15-19-14-31-25-23(34-19)24(29)36-28(30)37-25/h8-11,14,16-17,21H,6-7,12-13,15H2,1-5H3,(H,32,39)(H,33,41)(H,35,40)(H4,29,30,31,36,37)/t16?,17?,21-/m0/s1. The molecule has 2 heterocycles. The summed E-state index contributed by atoms with van der Waals surface area (Å²) in [5.41, 5.74) is 14.1. The van der Waals surface area contributed by atoms with Gasteiger partial charge >= 0.3 is 0 Å². The van der Waals surface area contributed by atoms with Crippen LogP contribution in [0.1, 0.15) is 69.4 Å². The molecule has 0 saturated carbocycles. The maximum atomic E-state index is 13.1. The highest BCUT2D eigenvalue weighted by Crippen LogP contribution is 2.19. The van der Waals surface area contributed by atoms with Gasteiger partial charge in [0.1, 0.15) is 6.04 Å². The molecular weight excluding hydrogens is 524 g/mol. The van der Waals surface area contributed by atoms with Crippen LogP contribution in [0.15, 0.2) is 30.5 Å². The van der Waals surface area contributed by atoms with E-state index in [1.54, 1.807) is 30.5 Å². The maximum absolute atomic E-state index is 13.1.